The minimum Gasteiger partial charge on any atom is -0.383 e. The van der Waals surface area contributed by atoms with Gasteiger partial charge in [0.25, 0.3) is 5.56 Å². The molecule has 3 N–H and O–H groups in total. The van der Waals surface area contributed by atoms with E-state index in [0.717, 1.165) is 19.3 Å². The molecule has 0 unspecified atom stereocenters. The Kier molecular flexibility index (Phi) is 6.97. The minimum atomic E-state index is -0.732. The van der Waals surface area contributed by atoms with E-state index >= 15 is 0 Å². The van der Waals surface area contributed by atoms with Crippen molar-refractivity contribution in [1.82, 2.24) is 14.5 Å². The van der Waals surface area contributed by atoms with Crippen molar-refractivity contribution in [3.8, 4) is 0 Å². The summed E-state index contributed by atoms with van der Waals surface area (Å²) in [4.78, 5) is 67.5. The lowest BCUT2D eigenvalue weighted by molar-refractivity contribution is -0.140. The first kappa shape index (κ1) is 22.8. The Hall–Kier alpha value is -2.91. The lowest BCUT2D eigenvalue weighted by atomic mass is 9.81. The molecule has 2 fully saturated rings. The average Bonchev–Trinajstić information content (AvgIpc) is 2.99. The van der Waals surface area contributed by atoms with Gasteiger partial charge in [0.2, 0.25) is 17.7 Å². The molecular formula is C21H31N5O5. The number of nitrogens with zero attached hydrogens (tertiary/aromatic N) is 3. The van der Waals surface area contributed by atoms with Gasteiger partial charge in [-0.1, -0.05) is 26.2 Å². The van der Waals surface area contributed by atoms with E-state index < -0.39 is 17.2 Å². The van der Waals surface area contributed by atoms with E-state index in [1.807, 2.05) is 6.92 Å². The maximum atomic E-state index is 13.0. The Morgan fingerprint density at radius 2 is 1.68 bits per heavy atom. The van der Waals surface area contributed by atoms with Crippen molar-refractivity contribution in [3.05, 3.63) is 20.8 Å². The van der Waals surface area contributed by atoms with Crippen LogP contribution in [0.25, 0.3) is 0 Å². The number of amides is 3. The second kappa shape index (κ2) is 9.49. The van der Waals surface area contributed by atoms with Crippen molar-refractivity contribution < 1.29 is 14.4 Å². The van der Waals surface area contributed by atoms with E-state index in [0.29, 0.717) is 25.8 Å². The van der Waals surface area contributed by atoms with Crippen LogP contribution in [0.2, 0.25) is 0 Å². The number of nitrogens with two attached hydrogens (primary N) is 1. The Morgan fingerprint density at radius 1 is 1.06 bits per heavy atom. The molecule has 3 rings (SSSR count). The molecule has 1 aromatic heterocycles. The van der Waals surface area contributed by atoms with Gasteiger partial charge >= 0.3 is 5.69 Å². The second-order valence-electron chi connectivity index (χ2n) is 8.21. The number of aromatic amines is 1. The van der Waals surface area contributed by atoms with Gasteiger partial charge in [0, 0.05) is 26.1 Å². The van der Waals surface area contributed by atoms with Gasteiger partial charge in [-0.25, -0.2) is 4.79 Å². The molecule has 2 atom stereocenters. The number of aromatic nitrogens is 2. The van der Waals surface area contributed by atoms with Gasteiger partial charge in [-0.15, -0.1) is 0 Å². The SMILES string of the molecule is CCCCn1c(N)c(N(CC)C(=O)CCN2C(=O)[C@@H]3CCCC[C@H]3C2=O)c(=O)[nH]c1=O. The van der Waals surface area contributed by atoms with Gasteiger partial charge in [0.15, 0.2) is 5.69 Å². The number of nitrogens with one attached hydrogen (secondary N) is 1. The molecule has 2 heterocycles. The predicted molar refractivity (Wildman–Crippen MR) is 115 cm³/mol. The van der Waals surface area contributed by atoms with Gasteiger partial charge in [-0.2, -0.15) is 0 Å². The van der Waals surface area contributed by atoms with E-state index in [2.05, 4.69) is 4.98 Å². The number of imide groups is 1. The summed E-state index contributed by atoms with van der Waals surface area (Å²) in [5, 5.41) is 0. The molecule has 2 aliphatic rings. The maximum absolute atomic E-state index is 13.0. The van der Waals surface area contributed by atoms with Crippen LogP contribution in [0, 0.1) is 11.8 Å². The van der Waals surface area contributed by atoms with E-state index in [-0.39, 0.29) is 54.7 Å². The first-order valence-corrected chi connectivity index (χ1v) is 11.1. The Bertz CT molecular complexity index is 957. The summed E-state index contributed by atoms with van der Waals surface area (Å²) in [7, 11) is 0. The molecule has 0 spiro atoms. The van der Waals surface area contributed by atoms with Crippen molar-refractivity contribution >= 4 is 29.2 Å². The number of anilines is 2. The highest BCUT2D eigenvalue weighted by molar-refractivity contribution is 6.05. The molecule has 1 saturated carbocycles. The molecule has 3 amide bonds. The maximum Gasteiger partial charge on any atom is 0.330 e. The fourth-order valence-corrected chi connectivity index (χ4v) is 4.63. The summed E-state index contributed by atoms with van der Waals surface area (Å²) >= 11 is 0. The van der Waals surface area contributed by atoms with E-state index in [4.69, 9.17) is 5.73 Å². The zero-order chi connectivity index (χ0) is 22.7. The molecule has 10 nitrogen and oxygen atoms in total. The molecule has 1 aliphatic carbocycles. The molecule has 1 aromatic rings. The summed E-state index contributed by atoms with van der Waals surface area (Å²) < 4.78 is 1.26. The number of unbranched alkanes of at least 4 members (excludes halogenated alkanes) is 1. The van der Waals surface area contributed by atoms with Gasteiger partial charge < -0.3 is 10.6 Å². The highest BCUT2D eigenvalue weighted by Gasteiger charge is 2.47. The Morgan fingerprint density at radius 3 is 2.23 bits per heavy atom. The summed E-state index contributed by atoms with van der Waals surface area (Å²) in [5.74, 6) is -1.42. The van der Waals surface area contributed by atoms with Gasteiger partial charge in [0.05, 0.1) is 11.8 Å². The van der Waals surface area contributed by atoms with E-state index in [1.54, 1.807) is 6.92 Å². The first-order valence-electron chi connectivity index (χ1n) is 11.1. The summed E-state index contributed by atoms with van der Waals surface area (Å²) in [6.07, 6.45) is 4.71. The molecule has 10 heteroatoms. The summed E-state index contributed by atoms with van der Waals surface area (Å²) in [5.41, 5.74) is 4.70. The zero-order valence-corrected chi connectivity index (χ0v) is 18.2. The number of carbonyl (C=O) groups excluding carboxylic acids is 3. The second-order valence-corrected chi connectivity index (χ2v) is 8.21. The number of hydrogen-bond donors (Lipinski definition) is 2. The molecule has 1 saturated heterocycles. The molecule has 0 aromatic carbocycles. The third kappa shape index (κ3) is 4.28. The summed E-state index contributed by atoms with van der Waals surface area (Å²) in [6.45, 7) is 4.13. The van der Waals surface area contributed by atoms with Crippen LogP contribution in [-0.4, -0.2) is 45.3 Å². The van der Waals surface area contributed by atoms with Crippen LogP contribution in [0.4, 0.5) is 11.5 Å². The van der Waals surface area contributed by atoms with Crippen LogP contribution in [0.15, 0.2) is 9.59 Å². The summed E-state index contributed by atoms with van der Waals surface area (Å²) in [6, 6.07) is 0. The number of likely N-dealkylation sites (tertiary alicyclic amines) is 1. The van der Waals surface area contributed by atoms with Crippen LogP contribution in [0.1, 0.15) is 58.8 Å². The van der Waals surface area contributed by atoms with E-state index in [9.17, 15) is 24.0 Å². The number of fused-ring (bicyclic) bond motifs is 1. The lowest BCUT2D eigenvalue weighted by Gasteiger charge is -2.24. The molecule has 170 valence electrons. The normalized spacial score (nSPS) is 20.8. The largest absolute Gasteiger partial charge is 0.383 e. The first-order chi connectivity index (χ1) is 14.8. The highest BCUT2D eigenvalue weighted by atomic mass is 16.2. The van der Waals surface area contributed by atoms with Crippen molar-refractivity contribution in [2.75, 3.05) is 23.7 Å². The quantitative estimate of drug-likeness (QED) is 0.583. The number of hydrogen-bond acceptors (Lipinski definition) is 6. The lowest BCUT2D eigenvalue weighted by Crippen LogP contribution is -2.42. The number of H-pyrrole nitrogens is 1. The third-order valence-electron chi connectivity index (χ3n) is 6.32. The Balaban J connectivity index is 1.78. The van der Waals surface area contributed by atoms with Crippen LogP contribution in [0.3, 0.4) is 0 Å². The predicted octanol–water partition coefficient (Wildman–Crippen LogP) is 0.837. The van der Waals surface area contributed by atoms with Crippen LogP contribution < -0.4 is 21.9 Å². The van der Waals surface area contributed by atoms with Crippen LogP contribution >= 0.6 is 0 Å². The fraction of sp³-hybridized carbons (Fsp3) is 0.667. The van der Waals surface area contributed by atoms with Crippen molar-refractivity contribution in [2.45, 2.75) is 65.3 Å². The molecule has 1 aliphatic heterocycles. The number of nitrogen functional groups attached to an aromatic ring is 1. The van der Waals surface area contributed by atoms with Crippen LogP contribution in [0.5, 0.6) is 0 Å². The minimum absolute atomic E-state index is 0.0206. The molecular weight excluding hydrogens is 402 g/mol. The highest BCUT2D eigenvalue weighted by Crippen LogP contribution is 2.38. The molecule has 0 bridgehead atoms. The smallest absolute Gasteiger partial charge is 0.330 e. The van der Waals surface area contributed by atoms with E-state index in [1.165, 1.54) is 14.4 Å². The Labute approximate surface area is 180 Å². The zero-order valence-electron chi connectivity index (χ0n) is 18.2. The van der Waals surface area contributed by atoms with Crippen LogP contribution in [-0.2, 0) is 20.9 Å². The van der Waals surface area contributed by atoms with Crippen molar-refractivity contribution in [1.29, 1.82) is 0 Å². The molecule has 0 radical (unpaired) electrons. The third-order valence-corrected chi connectivity index (χ3v) is 6.32. The van der Waals surface area contributed by atoms with Crippen molar-refractivity contribution in [3.63, 3.8) is 0 Å². The number of carbonyl (C=O) groups is 3. The molecule has 31 heavy (non-hydrogen) atoms. The monoisotopic (exact) mass is 433 g/mol. The van der Waals surface area contributed by atoms with Crippen molar-refractivity contribution in [2.24, 2.45) is 11.8 Å². The average molecular weight is 434 g/mol. The van der Waals surface area contributed by atoms with Gasteiger partial charge in [-0.3, -0.25) is 33.6 Å². The fourth-order valence-electron chi connectivity index (χ4n) is 4.63. The van der Waals surface area contributed by atoms with Gasteiger partial charge in [0.1, 0.15) is 5.82 Å². The van der Waals surface area contributed by atoms with Gasteiger partial charge in [-0.05, 0) is 26.2 Å². The number of rotatable bonds is 8. The standard InChI is InChI=1S/C21H31N5O5/c1-3-5-11-25-17(22)16(18(28)23-21(25)31)24(4-2)15(27)10-12-26-19(29)13-8-6-7-9-14(13)20(26)30/h13-14H,3-12,22H2,1-2H3,(H,23,28,31)/t13-,14-/m1/s1. The topological polar surface area (TPSA) is 139 Å².